The van der Waals surface area contributed by atoms with Crippen LogP contribution in [0.5, 0.6) is 0 Å². The molecule has 3 aromatic rings. The van der Waals surface area contributed by atoms with Crippen LogP contribution in [0, 0.1) is 11.3 Å². The van der Waals surface area contributed by atoms with Gasteiger partial charge < -0.3 is 9.52 Å². The van der Waals surface area contributed by atoms with E-state index in [1.54, 1.807) is 12.1 Å². The zero-order valence-corrected chi connectivity index (χ0v) is 10.1. The van der Waals surface area contributed by atoms with Crippen molar-refractivity contribution in [1.82, 2.24) is 0 Å². The van der Waals surface area contributed by atoms with Crippen LogP contribution in [0.15, 0.2) is 52.9 Å². The molecule has 0 aliphatic carbocycles. The van der Waals surface area contributed by atoms with Crippen molar-refractivity contribution in [2.75, 3.05) is 0 Å². The molecule has 0 amide bonds. The number of fused-ring (bicyclic) bond motifs is 1. The van der Waals surface area contributed by atoms with Crippen LogP contribution in [-0.4, -0.2) is 5.11 Å². The number of nitrogens with zero attached hydrogens (tertiary/aromatic N) is 1. The Balaban J connectivity index is 2.24. The van der Waals surface area contributed by atoms with Crippen molar-refractivity contribution in [2.24, 2.45) is 0 Å². The van der Waals surface area contributed by atoms with Crippen molar-refractivity contribution in [3.63, 3.8) is 0 Å². The molecule has 0 saturated heterocycles. The highest BCUT2D eigenvalue weighted by atomic mass is 16.3. The van der Waals surface area contributed by atoms with Crippen molar-refractivity contribution < 1.29 is 9.52 Å². The van der Waals surface area contributed by atoms with Crippen molar-refractivity contribution in [3.05, 3.63) is 59.7 Å². The van der Waals surface area contributed by atoms with Gasteiger partial charge in [-0.1, -0.05) is 30.3 Å². The van der Waals surface area contributed by atoms with Gasteiger partial charge in [-0.3, -0.25) is 0 Å². The average molecular weight is 249 g/mol. The zero-order chi connectivity index (χ0) is 13.2. The fourth-order valence-electron chi connectivity index (χ4n) is 2.15. The molecule has 2 aromatic carbocycles. The van der Waals surface area contributed by atoms with E-state index in [0.717, 1.165) is 16.7 Å². The summed E-state index contributed by atoms with van der Waals surface area (Å²) >= 11 is 0. The number of rotatable bonds is 2. The Bertz CT molecular complexity index is 767. The molecule has 3 nitrogen and oxygen atoms in total. The van der Waals surface area contributed by atoms with Crippen molar-refractivity contribution in [2.45, 2.75) is 6.61 Å². The number of aliphatic hydroxyl groups excluding tert-OH is 1. The molecule has 3 rings (SSSR count). The van der Waals surface area contributed by atoms with Gasteiger partial charge in [-0.05, 0) is 18.2 Å². The quantitative estimate of drug-likeness (QED) is 0.756. The normalized spacial score (nSPS) is 10.5. The molecule has 0 fully saturated rings. The number of benzene rings is 2. The molecule has 0 bridgehead atoms. The Labute approximate surface area is 110 Å². The summed E-state index contributed by atoms with van der Waals surface area (Å²) in [6, 6.07) is 17.1. The van der Waals surface area contributed by atoms with Crippen LogP contribution in [0.3, 0.4) is 0 Å². The second-order valence-electron chi connectivity index (χ2n) is 4.30. The maximum absolute atomic E-state index is 9.37. The van der Waals surface area contributed by atoms with Crippen LogP contribution in [0.2, 0.25) is 0 Å². The third kappa shape index (κ3) is 1.99. The molecule has 0 atom stereocenters. The Hall–Kier alpha value is -2.57. The summed E-state index contributed by atoms with van der Waals surface area (Å²) in [4.78, 5) is 0. The lowest BCUT2D eigenvalue weighted by Gasteiger charge is -1.98. The first-order valence-corrected chi connectivity index (χ1v) is 5.94. The molecule has 0 spiro atoms. The molecular weight excluding hydrogens is 238 g/mol. The summed E-state index contributed by atoms with van der Waals surface area (Å²) in [6.45, 7) is -0.145. The smallest absolute Gasteiger partial charge is 0.140 e. The Morgan fingerprint density at radius 1 is 1.11 bits per heavy atom. The minimum Gasteiger partial charge on any atom is -0.456 e. The van der Waals surface area contributed by atoms with Gasteiger partial charge in [-0.15, -0.1) is 0 Å². The van der Waals surface area contributed by atoms with E-state index in [1.165, 1.54) is 0 Å². The molecule has 19 heavy (non-hydrogen) atoms. The maximum Gasteiger partial charge on any atom is 0.140 e. The lowest BCUT2D eigenvalue weighted by Crippen LogP contribution is -1.85. The number of furan rings is 1. The summed E-state index contributed by atoms with van der Waals surface area (Å²) in [6.07, 6.45) is 0. The molecule has 1 aromatic heterocycles. The molecule has 0 unspecified atom stereocenters. The van der Waals surface area contributed by atoms with Gasteiger partial charge in [-0.2, -0.15) is 5.26 Å². The van der Waals surface area contributed by atoms with E-state index in [0.29, 0.717) is 16.7 Å². The number of hydrogen-bond donors (Lipinski definition) is 1. The van der Waals surface area contributed by atoms with Crippen molar-refractivity contribution in [1.29, 1.82) is 5.26 Å². The molecule has 0 aliphatic heterocycles. The Morgan fingerprint density at radius 3 is 2.58 bits per heavy atom. The predicted molar refractivity (Wildman–Crippen MR) is 72.3 cm³/mol. The predicted octanol–water partition coefficient (Wildman–Crippen LogP) is 3.46. The Morgan fingerprint density at radius 2 is 1.89 bits per heavy atom. The standard InChI is InChI=1S/C16H11NO2/c17-9-11-6-13-8-15(12-4-2-1-3-5-12)19-16(13)14(7-11)10-18/h1-8,18H,10H2. The number of nitriles is 1. The fraction of sp³-hybridized carbons (Fsp3) is 0.0625. The van der Waals surface area contributed by atoms with E-state index in [2.05, 4.69) is 6.07 Å². The van der Waals surface area contributed by atoms with Gasteiger partial charge in [-0.25, -0.2) is 0 Å². The van der Waals surface area contributed by atoms with Gasteiger partial charge in [0.25, 0.3) is 0 Å². The van der Waals surface area contributed by atoms with E-state index in [9.17, 15) is 5.11 Å². The Kier molecular flexibility index (Phi) is 2.79. The molecule has 0 saturated carbocycles. The summed E-state index contributed by atoms with van der Waals surface area (Å²) in [5.41, 5.74) is 2.77. The third-order valence-electron chi connectivity index (χ3n) is 3.05. The minimum absolute atomic E-state index is 0.145. The maximum atomic E-state index is 9.37. The van der Waals surface area contributed by atoms with E-state index < -0.39 is 0 Å². The second-order valence-corrected chi connectivity index (χ2v) is 4.30. The van der Waals surface area contributed by atoms with Gasteiger partial charge in [0.15, 0.2) is 0 Å². The molecule has 1 N–H and O–H groups in total. The average Bonchev–Trinajstić information content (AvgIpc) is 2.91. The zero-order valence-electron chi connectivity index (χ0n) is 10.1. The number of hydrogen-bond acceptors (Lipinski definition) is 3. The van der Waals surface area contributed by atoms with Crippen LogP contribution >= 0.6 is 0 Å². The van der Waals surface area contributed by atoms with Crippen LogP contribution in [0.25, 0.3) is 22.3 Å². The number of aliphatic hydroxyl groups is 1. The van der Waals surface area contributed by atoms with Gasteiger partial charge >= 0.3 is 0 Å². The van der Waals surface area contributed by atoms with Gasteiger partial charge in [0.2, 0.25) is 0 Å². The molecule has 0 aliphatic rings. The lowest BCUT2D eigenvalue weighted by atomic mass is 10.1. The minimum atomic E-state index is -0.145. The topological polar surface area (TPSA) is 57.2 Å². The molecule has 3 heteroatoms. The fourth-order valence-corrected chi connectivity index (χ4v) is 2.15. The van der Waals surface area contributed by atoms with Crippen LogP contribution in [-0.2, 0) is 6.61 Å². The summed E-state index contributed by atoms with van der Waals surface area (Å²) < 4.78 is 5.81. The van der Waals surface area contributed by atoms with Gasteiger partial charge in [0.05, 0.1) is 18.2 Å². The van der Waals surface area contributed by atoms with Gasteiger partial charge in [0.1, 0.15) is 11.3 Å². The first kappa shape index (κ1) is 11.5. The van der Waals surface area contributed by atoms with Crippen LogP contribution < -0.4 is 0 Å². The largest absolute Gasteiger partial charge is 0.456 e. The van der Waals surface area contributed by atoms with Crippen LogP contribution in [0.1, 0.15) is 11.1 Å². The summed E-state index contributed by atoms with van der Waals surface area (Å²) in [5.74, 6) is 0.736. The second kappa shape index (κ2) is 4.60. The van der Waals surface area contributed by atoms with E-state index >= 15 is 0 Å². The molecule has 92 valence electrons. The highest BCUT2D eigenvalue weighted by Gasteiger charge is 2.11. The first-order valence-electron chi connectivity index (χ1n) is 5.94. The SMILES string of the molecule is N#Cc1cc(CO)c2oc(-c3ccccc3)cc2c1. The lowest BCUT2D eigenvalue weighted by molar-refractivity contribution is 0.281. The molecular formula is C16H11NO2. The summed E-state index contributed by atoms with van der Waals surface area (Å²) in [7, 11) is 0. The van der Waals surface area contributed by atoms with Crippen LogP contribution in [0.4, 0.5) is 0 Å². The third-order valence-corrected chi connectivity index (χ3v) is 3.05. The highest BCUT2D eigenvalue weighted by molar-refractivity contribution is 5.86. The van der Waals surface area contributed by atoms with Gasteiger partial charge in [0, 0.05) is 16.5 Å². The van der Waals surface area contributed by atoms with E-state index in [-0.39, 0.29) is 6.61 Å². The van der Waals surface area contributed by atoms with Crippen molar-refractivity contribution in [3.8, 4) is 17.4 Å². The summed E-state index contributed by atoms with van der Waals surface area (Å²) in [5, 5.41) is 19.2. The molecule has 0 radical (unpaired) electrons. The highest BCUT2D eigenvalue weighted by Crippen LogP contribution is 2.30. The van der Waals surface area contributed by atoms with E-state index in [1.807, 2.05) is 36.4 Å². The van der Waals surface area contributed by atoms with Crippen molar-refractivity contribution >= 4 is 11.0 Å². The van der Waals surface area contributed by atoms with E-state index in [4.69, 9.17) is 9.68 Å². The first-order chi connectivity index (χ1) is 9.31. The molecule has 1 heterocycles. The monoisotopic (exact) mass is 249 g/mol.